The van der Waals surface area contributed by atoms with Gasteiger partial charge in [-0.15, -0.1) is 6.58 Å². The maximum atomic E-state index is 10.5. The van der Waals surface area contributed by atoms with E-state index in [1.165, 1.54) is 5.57 Å². The molecule has 2 saturated carbocycles. The van der Waals surface area contributed by atoms with Crippen molar-refractivity contribution < 1.29 is 10.2 Å². The van der Waals surface area contributed by atoms with Crippen molar-refractivity contribution in [1.82, 2.24) is 0 Å². The second-order valence-electron chi connectivity index (χ2n) is 8.78. The van der Waals surface area contributed by atoms with E-state index in [1.54, 1.807) is 6.08 Å². The van der Waals surface area contributed by atoms with Crippen LogP contribution < -0.4 is 0 Å². The predicted molar refractivity (Wildman–Crippen MR) is 92.5 cm³/mol. The molecule has 0 aromatic rings. The summed E-state index contributed by atoms with van der Waals surface area (Å²) >= 11 is 0. The van der Waals surface area contributed by atoms with Crippen LogP contribution in [0.25, 0.3) is 0 Å². The normalized spacial score (nSPS) is 40.6. The van der Waals surface area contributed by atoms with Gasteiger partial charge in [0.05, 0.1) is 11.7 Å². The van der Waals surface area contributed by atoms with Crippen LogP contribution >= 0.6 is 0 Å². The molecular formula is C20H34O2. The van der Waals surface area contributed by atoms with Gasteiger partial charge in [0.2, 0.25) is 0 Å². The van der Waals surface area contributed by atoms with E-state index in [0.717, 1.165) is 38.5 Å². The van der Waals surface area contributed by atoms with Crippen LogP contribution in [0.1, 0.15) is 66.2 Å². The van der Waals surface area contributed by atoms with Gasteiger partial charge in [-0.3, -0.25) is 0 Å². The van der Waals surface area contributed by atoms with Crippen molar-refractivity contribution in [2.24, 2.45) is 22.7 Å². The van der Waals surface area contributed by atoms with Gasteiger partial charge >= 0.3 is 0 Å². The SMILES string of the molecule is C=C[C@](C)(O)CC[C@H]1C(=C)CCC2C(C)(C)[C@@H](O)CC[C@@]21C. The number of allylic oxidation sites excluding steroid dienone is 1. The van der Waals surface area contributed by atoms with Gasteiger partial charge in [-0.1, -0.05) is 39.0 Å². The molecule has 1 unspecified atom stereocenters. The molecule has 0 aliphatic heterocycles. The summed E-state index contributed by atoms with van der Waals surface area (Å²) in [6.45, 7) is 16.8. The third-order valence-electron chi connectivity index (χ3n) is 6.93. The standard InChI is InChI=1S/C20H34O2/c1-7-19(5,22)12-10-15-14(2)8-9-16-18(3,4)17(21)11-13-20(15,16)6/h7,15-17,21-22H,1-2,8-13H2,3-6H3/t15-,16?,17-,19-,20+/m0/s1. The summed E-state index contributed by atoms with van der Waals surface area (Å²) < 4.78 is 0. The van der Waals surface area contributed by atoms with Gasteiger partial charge in [-0.25, -0.2) is 0 Å². The lowest BCUT2D eigenvalue weighted by molar-refractivity contribution is -0.126. The van der Waals surface area contributed by atoms with Crippen molar-refractivity contribution in [3.8, 4) is 0 Å². The van der Waals surface area contributed by atoms with Crippen molar-refractivity contribution in [3.05, 3.63) is 24.8 Å². The molecule has 2 aliphatic rings. The summed E-state index contributed by atoms with van der Waals surface area (Å²) in [5, 5.41) is 20.7. The topological polar surface area (TPSA) is 40.5 Å². The fourth-order valence-corrected chi connectivity index (χ4v) is 5.24. The van der Waals surface area contributed by atoms with Crippen LogP contribution in [-0.2, 0) is 0 Å². The highest BCUT2D eigenvalue weighted by atomic mass is 16.3. The van der Waals surface area contributed by atoms with Crippen molar-refractivity contribution in [2.45, 2.75) is 77.9 Å². The number of aliphatic hydroxyl groups excluding tert-OH is 1. The van der Waals surface area contributed by atoms with E-state index < -0.39 is 5.60 Å². The lowest BCUT2D eigenvalue weighted by atomic mass is 9.46. The molecule has 126 valence electrons. The molecule has 0 radical (unpaired) electrons. The highest BCUT2D eigenvalue weighted by molar-refractivity contribution is 5.17. The minimum Gasteiger partial charge on any atom is -0.393 e. The highest BCUT2D eigenvalue weighted by Crippen LogP contribution is 2.61. The van der Waals surface area contributed by atoms with Gasteiger partial charge in [0, 0.05) is 0 Å². The van der Waals surface area contributed by atoms with Crippen LogP contribution in [0.2, 0.25) is 0 Å². The number of fused-ring (bicyclic) bond motifs is 1. The van der Waals surface area contributed by atoms with E-state index in [2.05, 4.69) is 33.9 Å². The third kappa shape index (κ3) is 2.92. The van der Waals surface area contributed by atoms with Crippen molar-refractivity contribution >= 4 is 0 Å². The smallest absolute Gasteiger partial charge is 0.0797 e. The summed E-state index contributed by atoms with van der Waals surface area (Å²) in [6.07, 6.45) is 7.25. The Morgan fingerprint density at radius 2 is 1.95 bits per heavy atom. The Balaban J connectivity index is 2.25. The van der Waals surface area contributed by atoms with Gasteiger partial charge in [0.15, 0.2) is 0 Å². The molecule has 0 aromatic carbocycles. The molecule has 2 N–H and O–H groups in total. The molecular weight excluding hydrogens is 272 g/mol. The lowest BCUT2D eigenvalue weighted by Gasteiger charge is -2.59. The van der Waals surface area contributed by atoms with E-state index >= 15 is 0 Å². The van der Waals surface area contributed by atoms with E-state index in [-0.39, 0.29) is 16.9 Å². The van der Waals surface area contributed by atoms with Crippen LogP contribution in [0.15, 0.2) is 24.8 Å². The largest absolute Gasteiger partial charge is 0.393 e. The lowest BCUT2D eigenvalue weighted by Crippen LogP contribution is -2.54. The Morgan fingerprint density at radius 1 is 1.32 bits per heavy atom. The van der Waals surface area contributed by atoms with Crippen LogP contribution in [0.4, 0.5) is 0 Å². The molecule has 2 aliphatic carbocycles. The van der Waals surface area contributed by atoms with E-state index in [9.17, 15) is 10.2 Å². The van der Waals surface area contributed by atoms with Crippen LogP contribution in [0.3, 0.4) is 0 Å². The first-order valence-electron chi connectivity index (χ1n) is 8.76. The summed E-state index contributed by atoms with van der Waals surface area (Å²) in [7, 11) is 0. The Labute approximate surface area is 136 Å². The van der Waals surface area contributed by atoms with Crippen LogP contribution in [0.5, 0.6) is 0 Å². The third-order valence-corrected chi connectivity index (χ3v) is 6.93. The molecule has 2 fully saturated rings. The van der Waals surface area contributed by atoms with Crippen LogP contribution in [-0.4, -0.2) is 21.9 Å². The summed E-state index contributed by atoms with van der Waals surface area (Å²) in [5.41, 5.74) is 0.695. The molecule has 22 heavy (non-hydrogen) atoms. The predicted octanol–water partition coefficient (Wildman–Crippen LogP) is 4.47. The molecule has 0 aromatic heterocycles. The van der Waals surface area contributed by atoms with Crippen LogP contribution in [0, 0.1) is 22.7 Å². The zero-order valence-electron chi connectivity index (χ0n) is 14.9. The molecule has 5 atom stereocenters. The molecule has 2 heteroatoms. The average Bonchev–Trinajstić information content (AvgIpc) is 2.42. The van der Waals surface area contributed by atoms with Gasteiger partial charge in [0.25, 0.3) is 0 Å². The number of rotatable bonds is 4. The second-order valence-corrected chi connectivity index (χ2v) is 8.78. The van der Waals surface area contributed by atoms with E-state index in [4.69, 9.17) is 0 Å². The van der Waals surface area contributed by atoms with Gasteiger partial charge < -0.3 is 10.2 Å². The quantitative estimate of drug-likeness (QED) is 0.752. The summed E-state index contributed by atoms with van der Waals surface area (Å²) in [6, 6.07) is 0. The number of aliphatic hydroxyl groups is 2. The molecule has 0 spiro atoms. The van der Waals surface area contributed by atoms with E-state index in [0.29, 0.717) is 11.8 Å². The number of hydrogen-bond donors (Lipinski definition) is 2. The van der Waals surface area contributed by atoms with Gasteiger partial charge in [0.1, 0.15) is 0 Å². The first-order valence-corrected chi connectivity index (χ1v) is 8.76. The zero-order valence-corrected chi connectivity index (χ0v) is 14.9. The number of hydrogen-bond acceptors (Lipinski definition) is 2. The maximum absolute atomic E-state index is 10.5. The minimum absolute atomic E-state index is 0.0348. The fraction of sp³-hybridized carbons (Fsp3) is 0.800. The van der Waals surface area contributed by atoms with Crippen molar-refractivity contribution in [1.29, 1.82) is 0 Å². The molecule has 0 amide bonds. The Kier molecular flexibility index (Phi) is 4.68. The van der Waals surface area contributed by atoms with Gasteiger partial charge in [-0.2, -0.15) is 0 Å². The molecule has 0 bridgehead atoms. The average molecular weight is 306 g/mol. The Morgan fingerprint density at radius 3 is 2.55 bits per heavy atom. The maximum Gasteiger partial charge on any atom is 0.0797 e. The monoisotopic (exact) mass is 306 g/mol. The molecule has 2 nitrogen and oxygen atoms in total. The minimum atomic E-state index is -0.798. The Bertz CT molecular complexity index is 449. The molecule has 0 heterocycles. The van der Waals surface area contributed by atoms with E-state index in [1.807, 2.05) is 6.92 Å². The fourth-order valence-electron chi connectivity index (χ4n) is 5.24. The highest BCUT2D eigenvalue weighted by Gasteiger charge is 2.55. The van der Waals surface area contributed by atoms with Gasteiger partial charge in [-0.05, 0) is 68.1 Å². The molecule has 0 saturated heterocycles. The zero-order chi connectivity index (χ0) is 16.8. The summed E-state index contributed by atoms with van der Waals surface area (Å²) in [5.74, 6) is 0.956. The van der Waals surface area contributed by atoms with Crippen molar-refractivity contribution in [3.63, 3.8) is 0 Å². The second kappa shape index (κ2) is 5.79. The molecule has 2 rings (SSSR count). The first kappa shape index (κ1) is 17.7. The van der Waals surface area contributed by atoms with Crippen molar-refractivity contribution in [2.75, 3.05) is 0 Å². The Hall–Kier alpha value is -0.600. The first-order chi connectivity index (χ1) is 10.0. The summed E-state index contributed by atoms with van der Waals surface area (Å²) in [4.78, 5) is 0.